The number of benzene rings is 2. The van der Waals surface area contributed by atoms with Crippen molar-refractivity contribution in [3.63, 3.8) is 0 Å². The second kappa shape index (κ2) is 11.8. The zero-order valence-corrected chi connectivity index (χ0v) is 22.2. The summed E-state index contributed by atoms with van der Waals surface area (Å²) in [6, 6.07) is 17.4. The van der Waals surface area contributed by atoms with E-state index in [4.69, 9.17) is 9.11 Å². The third-order valence-corrected chi connectivity index (χ3v) is 4.62. The van der Waals surface area contributed by atoms with Gasteiger partial charge in [0.25, 0.3) is 0 Å². The first-order valence-corrected chi connectivity index (χ1v) is 10.8. The molecule has 0 saturated carbocycles. The molecule has 1 aromatic heterocycles. The van der Waals surface area contributed by atoms with Gasteiger partial charge in [-0.2, -0.15) is 16.8 Å². The van der Waals surface area contributed by atoms with Crippen LogP contribution in [0.15, 0.2) is 72.9 Å². The van der Waals surface area contributed by atoms with Gasteiger partial charge in [0, 0.05) is 65.3 Å². The fourth-order valence-corrected chi connectivity index (χ4v) is 3.46. The van der Waals surface area contributed by atoms with Crippen molar-refractivity contribution in [1.82, 2.24) is 4.98 Å². The molecular weight excluding hydrogens is 468 g/mol. The Hall–Kier alpha value is -0.990. The second-order valence-electron chi connectivity index (χ2n) is 5.85. The molecule has 0 fully saturated rings. The maximum Gasteiger partial charge on any atom is 0.446 e. The van der Waals surface area contributed by atoms with Gasteiger partial charge >= 0.3 is 20.8 Å². The van der Waals surface area contributed by atoms with Gasteiger partial charge in [0.15, 0.2) is 0 Å². The SMILES string of the molecule is O=S(=O)(O)Oc1ccc(C(c2ccc(OS(=O)(=O)O)cc2)c2ccccn2)cc1.[Na].[Na]. The van der Waals surface area contributed by atoms with E-state index in [0.717, 1.165) is 11.1 Å². The van der Waals surface area contributed by atoms with E-state index in [-0.39, 0.29) is 76.5 Å². The number of hydrogen-bond donors (Lipinski definition) is 2. The van der Waals surface area contributed by atoms with Gasteiger partial charge < -0.3 is 8.37 Å². The van der Waals surface area contributed by atoms with E-state index >= 15 is 0 Å². The van der Waals surface area contributed by atoms with Crippen LogP contribution >= 0.6 is 0 Å². The Morgan fingerprint density at radius 2 is 1.10 bits per heavy atom. The molecule has 0 spiro atoms. The van der Waals surface area contributed by atoms with Crippen molar-refractivity contribution in [2.45, 2.75) is 5.92 Å². The number of pyridine rings is 1. The van der Waals surface area contributed by atoms with Gasteiger partial charge in [-0.25, -0.2) is 0 Å². The van der Waals surface area contributed by atoms with Crippen molar-refractivity contribution >= 4 is 79.9 Å². The molecule has 2 N–H and O–H groups in total. The third kappa shape index (κ3) is 8.81. The summed E-state index contributed by atoms with van der Waals surface area (Å²) in [7, 11) is -9.26. The quantitative estimate of drug-likeness (QED) is 0.381. The average Bonchev–Trinajstić information content (AvgIpc) is 2.63. The van der Waals surface area contributed by atoms with Crippen LogP contribution in [0.25, 0.3) is 0 Å². The number of rotatable bonds is 7. The molecule has 0 atom stereocenters. The fraction of sp³-hybridized carbons (Fsp3) is 0.0556. The summed E-state index contributed by atoms with van der Waals surface area (Å²) in [6.45, 7) is 0. The van der Waals surface area contributed by atoms with Gasteiger partial charge in [-0.15, -0.1) is 0 Å². The van der Waals surface area contributed by atoms with Gasteiger partial charge in [-0.05, 0) is 47.5 Å². The first kappa shape index (κ1) is 28.0. The van der Waals surface area contributed by atoms with Crippen molar-refractivity contribution in [3.8, 4) is 11.5 Å². The van der Waals surface area contributed by atoms with E-state index in [1.54, 1.807) is 48.7 Å². The molecule has 13 heteroatoms. The number of nitrogens with zero attached hydrogens (tertiary/aromatic N) is 1. The number of hydrogen-bond acceptors (Lipinski definition) is 7. The Morgan fingerprint density at radius 1 is 0.677 bits per heavy atom. The van der Waals surface area contributed by atoms with Crippen LogP contribution in [0.2, 0.25) is 0 Å². The fourth-order valence-electron chi connectivity index (χ4n) is 2.76. The molecule has 0 aliphatic rings. The van der Waals surface area contributed by atoms with Gasteiger partial charge in [0.2, 0.25) is 0 Å². The van der Waals surface area contributed by atoms with Crippen LogP contribution < -0.4 is 8.37 Å². The molecule has 0 bridgehead atoms. The van der Waals surface area contributed by atoms with Crippen molar-refractivity contribution < 1.29 is 34.3 Å². The molecule has 0 unspecified atom stereocenters. The molecule has 2 aromatic carbocycles. The van der Waals surface area contributed by atoms with E-state index in [9.17, 15) is 16.8 Å². The summed E-state index contributed by atoms with van der Waals surface area (Å²) in [4.78, 5) is 4.36. The summed E-state index contributed by atoms with van der Waals surface area (Å²) >= 11 is 0. The first-order chi connectivity index (χ1) is 13.6. The van der Waals surface area contributed by atoms with E-state index in [1.165, 1.54) is 24.3 Å². The van der Waals surface area contributed by atoms with Crippen molar-refractivity contribution in [2.24, 2.45) is 0 Å². The molecule has 154 valence electrons. The molecular formula is C18H15NNa2O8S2. The van der Waals surface area contributed by atoms with Crippen LogP contribution in [0.1, 0.15) is 22.7 Å². The molecule has 3 aromatic rings. The minimum Gasteiger partial charge on any atom is -0.362 e. The smallest absolute Gasteiger partial charge is 0.362 e. The first-order valence-electron chi connectivity index (χ1n) is 8.05. The maximum atomic E-state index is 10.8. The van der Waals surface area contributed by atoms with E-state index in [0.29, 0.717) is 5.69 Å². The predicted octanol–water partition coefficient (Wildman–Crippen LogP) is 1.86. The molecule has 3 rings (SSSR count). The summed E-state index contributed by atoms with van der Waals surface area (Å²) in [6.07, 6.45) is 1.62. The van der Waals surface area contributed by atoms with Crippen LogP contribution in [-0.2, 0) is 20.8 Å². The molecule has 1 heterocycles. The maximum absolute atomic E-state index is 10.8. The Kier molecular flexibility index (Phi) is 10.6. The molecule has 31 heavy (non-hydrogen) atoms. The third-order valence-electron chi connectivity index (χ3n) is 3.81. The molecule has 0 aliphatic carbocycles. The normalized spacial score (nSPS) is 11.2. The second-order valence-corrected chi connectivity index (χ2v) is 7.89. The summed E-state index contributed by atoms with van der Waals surface area (Å²) in [5, 5.41) is 0. The van der Waals surface area contributed by atoms with Crippen molar-refractivity contribution in [3.05, 3.63) is 89.7 Å². The van der Waals surface area contributed by atoms with Gasteiger partial charge in [0.1, 0.15) is 11.5 Å². The molecule has 0 aliphatic heterocycles. The zero-order valence-electron chi connectivity index (χ0n) is 16.6. The summed E-state index contributed by atoms with van der Waals surface area (Å²) < 4.78 is 69.8. The Balaban J connectivity index is 0.00000240. The van der Waals surface area contributed by atoms with Crippen LogP contribution in [-0.4, -0.2) is 90.0 Å². The van der Waals surface area contributed by atoms with Crippen LogP contribution in [0.4, 0.5) is 0 Å². The monoisotopic (exact) mass is 483 g/mol. The van der Waals surface area contributed by atoms with Crippen LogP contribution in [0, 0.1) is 0 Å². The molecule has 0 saturated heterocycles. The molecule has 0 amide bonds. The minimum absolute atomic E-state index is 0. The van der Waals surface area contributed by atoms with Gasteiger partial charge in [0.05, 0.1) is 11.6 Å². The van der Waals surface area contributed by atoms with E-state index in [2.05, 4.69) is 13.4 Å². The van der Waals surface area contributed by atoms with Gasteiger partial charge in [-0.1, -0.05) is 30.3 Å². The predicted molar refractivity (Wildman–Crippen MR) is 114 cm³/mol. The number of aromatic nitrogens is 1. The van der Waals surface area contributed by atoms with Gasteiger partial charge in [-0.3, -0.25) is 14.1 Å². The largest absolute Gasteiger partial charge is 0.446 e. The van der Waals surface area contributed by atoms with Crippen molar-refractivity contribution in [1.29, 1.82) is 0 Å². The summed E-state index contributed by atoms with van der Waals surface area (Å²) in [5.41, 5.74) is 2.14. The zero-order chi connectivity index (χ0) is 21.1. The molecule has 9 nitrogen and oxygen atoms in total. The van der Waals surface area contributed by atoms with E-state index < -0.39 is 20.8 Å². The summed E-state index contributed by atoms with van der Waals surface area (Å²) in [5.74, 6) is -0.503. The van der Waals surface area contributed by atoms with Crippen molar-refractivity contribution in [2.75, 3.05) is 0 Å². The minimum atomic E-state index is -4.63. The van der Waals surface area contributed by atoms with Crippen LogP contribution in [0.3, 0.4) is 0 Å². The Morgan fingerprint density at radius 3 is 1.42 bits per heavy atom. The van der Waals surface area contributed by atoms with Crippen LogP contribution in [0.5, 0.6) is 11.5 Å². The molecule has 2 radical (unpaired) electrons. The standard InChI is InChI=1S/C18H15NO8S2.2Na/c20-28(21,22)26-15-8-4-13(5-9-15)18(17-3-1-2-12-19-17)14-6-10-16(11-7-14)27-29(23,24)25;;/h1-12,18H,(H,20,21,22)(H,23,24,25);;. The Labute approximate surface area is 224 Å². The average molecular weight is 483 g/mol. The topological polar surface area (TPSA) is 140 Å². The van der Waals surface area contributed by atoms with E-state index in [1.807, 2.05) is 0 Å². The Bertz CT molecular complexity index is 1110.